The molecule has 0 bridgehead atoms. The number of methoxy groups -OCH3 is 1. The lowest BCUT2D eigenvalue weighted by molar-refractivity contribution is -0.143. The van der Waals surface area contributed by atoms with Crippen molar-refractivity contribution >= 4 is 17.6 Å². The summed E-state index contributed by atoms with van der Waals surface area (Å²) >= 11 is 6.05. The van der Waals surface area contributed by atoms with E-state index in [1.807, 2.05) is 25.1 Å². The van der Waals surface area contributed by atoms with E-state index in [-0.39, 0.29) is 5.97 Å². The largest absolute Gasteiger partial charge is 0.468 e. The second kappa shape index (κ2) is 6.51. The van der Waals surface area contributed by atoms with Crippen LogP contribution in [0.5, 0.6) is 0 Å². The number of hydrogen-bond acceptors (Lipinski definition) is 3. The lowest BCUT2D eigenvalue weighted by Gasteiger charge is -2.17. The van der Waals surface area contributed by atoms with E-state index in [1.54, 1.807) is 6.07 Å². The third-order valence-corrected chi connectivity index (χ3v) is 2.60. The SMILES string of the molecule is CCCN[C@H](C(=O)OC)c1ccccc1Cl. The van der Waals surface area contributed by atoms with Gasteiger partial charge in [-0.15, -0.1) is 0 Å². The lowest BCUT2D eigenvalue weighted by Crippen LogP contribution is -2.30. The highest BCUT2D eigenvalue weighted by Crippen LogP contribution is 2.23. The van der Waals surface area contributed by atoms with E-state index in [4.69, 9.17) is 16.3 Å². The zero-order valence-corrected chi connectivity index (χ0v) is 10.3. The summed E-state index contributed by atoms with van der Waals surface area (Å²) < 4.78 is 4.76. The van der Waals surface area contributed by atoms with Gasteiger partial charge in [0.05, 0.1) is 7.11 Å². The Morgan fingerprint density at radius 2 is 2.19 bits per heavy atom. The summed E-state index contributed by atoms with van der Waals surface area (Å²) in [6, 6.07) is 6.79. The minimum absolute atomic E-state index is 0.318. The highest BCUT2D eigenvalue weighted by atomic mass is 35.5. The first-order valence-electron chi connectivity index (χ1n) is 5.26. The van der Waals surface area contributed by atoms with E-state index in [1.165, 1.54) is 7.11 Å². The molecule has 3 nitrogen and oxygen atoms in total. The molecule has 0 aliphatic rings. The second-order valence-corrected chi connectivity index (χ2v) is 3.84. The summed E-state index contributed by atoms with van der Waals surface area (Å²) in [5.41, 5.74) is 0.754. The Morgan fingerprint density at radius 1 is 1.50 bits per heavy atom. The first-order valence-corrected chi connectivity index (χ1v) is 5.64. The van der Waals surface area contributed by atoms with Crippen molar-refractivity contribution in [2.75, 3.05) is 13.7 Å². The number of carbonyl (C=O) groups is 1. The Kier molecular flexibility index (Phi) is 5.29. The van der Waals surface area contributed by atoms with E-state index in [9.17, 15) is 4.79 Å². The van der Waals surface area contributed by atoms with Crippen LogP contribution in [0.2, 0.25) is 5.02 Å². The number of carbonyl (C=O) groups excluding carboxylic acids is 1. The van der Waals surface area contributed by atoms with Crippen LogP contribution in [0.1, 0.15) is 24.9 Å². The molecule has 16 heavy (non-hydrogen) atoms. The van der Waals surface area contributed by atoms with E-state index in [0.717, 1.165) is 18.5 Å². The molecule has 0 aromatic heterocycles. The van der Waals surface area contributed by atoms with Crippen molar-refractivity contribution in [3.8, 4) is 0 Å². The normalized spacial score (nSPS) is 12.2. The van der Waals surface area contributed by atoms with E-state index >= 15 is 0 Å². The van der Waals surface area contributed by atoms with Crippen LogP contribution in [0.25, 0.3) is 0 Å². The van der Waals surface area contributed by atoms with Gasteiger partial charge in [0.2, 0.25) is 0 Å². The molecule has 4 heteroatoms. The number of rotatable bonds is 5. The van der Waals surface area contributed by atoms with E-state index in [0.29, 0.717) is 5.02 Å². The predicted molar refractivity (Wildman–Crippen MR) is 64.5 cm³/mol. The van der Waals surface area contributed by atoms with Crippen LogP contribution in [0, 0.1) is 0 Å². The molecule has 0 radical (unpaired) electrons. The van der Waals surface area contributed by atoms with Crippen LogP contribution in [-0.2, 0) is 9.53 Å². The van der Waals surface area contributed by atoms with Crippen molar-refractivity contribution in [2.45, 2.75) is 19.4 Å². The van der Waals surface area contributed by atoms with E-state index in [2.05, 4.69) is 5.32 Å². The van der Waals surface area contributed by atoms with Crippen LogP contribution in [0.3, 0.4) is 0 Å². The molecule has 0 aliphatic carbocycles. The molecule has 0 amide bonds. The second-order valence-electron chi connectivity index (χ2n) is 3.43. The van der Waals surface area contributed by atoms with Crippen molar-refractivity contribution in [3.05, 3.63) is 34.9 Å². The summed E-state index contributed by atoms with van der Waals surface area (Å²) in [5, 5.41) is 3.69. The smallest absolute Gasteiger partial charge is 0.327 e. The average molecular weight is 242 g/mol. The van der Waals surface area contributed by atoms with Gasteiger partial charge < -0.3 is 10.1 Å². The molecule has 88 valence electrons. The maximum Gasteiger partial charge on any atom is 0.327 e. The minimum atomic E-state index is -0.487. The quantitative estimate of drug-likeness (QED) is 0.806. The molecule has 0 unspecified atom stereocenters. The number of hydrogen-bond donors (Lipinski definition) is 1. The maximum absolute atomic E-state index is 11.6. The molecule has 1 aromatic rings. The third kappa shape index (κ3) is 3.22. The molecule has 0 saturated carbocycles. The monoisotopic (exact) mass is 241 g/mol. The number of esters is 1. The summed E-state index contributed by atoms with van der Waals surface area (Å²) in [6.07, 6.45) is 0.942. The Morgan fingerprint density at radius 3 is 2.75 bits per heavy atom. The number of ether oxygens (including phenoxy) is 1. The molecule has 1 N–H and O–H groups in total. The molecule has 0 fully saturated rings. The van der Waals surface area contributed by atoms with Crippen LogP contribution in [0.4, 0.5) is 0 Å². The Labute approximate surface area is 101 Å². The van der Waals surface area contributed by atoms with Gasteiger partial charge in [-0.2, -0.15) is 0 Å². The summed E-state index contributed by atoms with van der Waals surface area (Å²) in [5.74, 6) is -0.318. The standard InChI is InChI=1S/C12H16ClNO2/c1-3-8-14-11(12(15)16-2)9-6-4-5-7-10(9)13/h4-7,11,14H,3,8H2,1-2H3/t11-/m0/s1. The predicted octanol–water partition coefficient (Wildman–Crippen LogP) is 2.55. The van der Waals surface area contributed by atoms with Crippen LogP contribution in [0.15, 0.2) is 24.3 Å². The summed E-state index contributed by atoms with van der Waals surface area (Å²) in [4.78, 5) is 11.6. The highest BCUT2D eigenvalue weighted by Gasteiger charge is 2.22. The third-order valence-electron chi connectivity index (χ3n) is 2.25. The van der Waals surface area contributed by atoms with Crippen molar-refractivity contribution in [1.82, 2.24) is 5.32 Å². The summed E-state index contributed by atoms with van der Waals surface area (Å²) in [6.45, 7) is 2.78. The van der Waals surface area contributed by atoms with Crippen LogP contribution in [-0.4, -0.2) is 19.6 Å². The van der Waals surface area contributed by atoms with Gasteiger partial charge in [0, 0.05) is 5.02 Å². The summed E-state index contributed by atoms with van der Waals surface area (Å²) in [7, 11) is 1.37. The van der Waals surface area contributed by atoms with Gasteiger partial charge >= 0.3 is 5.97 Å². The molecular formula is C12H16ClNO2. The van der Waals surface area contributed by atoms with Gasteiger partial charge in [0.15, 0.2) is 0 Å². The van der Waals surface area contributed by atoms with Crippen molar-refractivity contribution < 1.29 is 9.53 Å². The first-order chi connectivity index (χ1) is 7.70. The van der Waals surface area contributed by atoms with Gasteiger partial charge in [0.1, 0.15) is 6.04 Å². The molecule has 0 aliphatic heterocycles. The number of nitrogens with one attached hydrogen (secondary N) is 1. The lowest BCUT2D eigenvalue weighted by atomic mass is 10.1. The molecule has 1 aromatic carbocycles. The Bertz CT molecular complexity index is 355. The molecular weight excluding hydrogens is 226 g/mol. The number of benzene rings is 1. The van der Waals surface area contributed by atoms with Crippen molar-refractivity contribution in [2.24, 2.45) is 0 Å². The van der Waals surface area contributed by atoms with Crippen molar-refractivity contribution in [3.63, 3.8) is 0 Å². The molecule has 0 heterocycles. The zero-order chi connectivity index (χ0) is 12.0. The molecule has 0 spiro atoms. The Balaban J connectivity index is 2.92. The van der Waals surface area contributed by atoms with Gasteiger partial charge in [-0.3, -0.25) is 0 Å². The molecule has 1 atom stereocenters. The number of halogens is 1. The fraction of sp³-hybridized carbons (Fsp3) is 0.417. The van der Waals surface area contributed by atoms with Crippen molar-refractivity contribution in [1.29, 1.82) is 0 Å². The van der Waals surface area contributed by atoms with Gasteiger partial charge in [-0.1, -0.05) is 36.7 Å². The zero-order valence-electron chi connectivity index (χ0n) is 9.50. The average Bonchev–Trinajstić information content (AvgIpc) is 2.31. The topological polar surface area (TPSA) is 38.3 Å². The van der Waals surface area contributed by atoms with Crippen LogP contribution >= 0.6 is 11.6 Å². The molecule has 0 saturated heterocycles. The van der Waals surface area contributed by atoms with Gasteiger partial charge in [-0.25, -0.2) is 4.79 Å². The fourth-order valence-corrected chi connectivity index (χ4v) is 1.68. The van der Waals surface area contributed by atoms with Gasteiger partial charge in [0.25, 0.3) is 0 Å². The maximum atomic E-state index is 11.6. The fourth-order valence-electron chi connectivity index (χ4n) is 1.44. The Hall–Kier alpha value is -1.06. The van der Waals surface area contributed by atoms with Gasteiger partial charge in [-0.05, 0) is 24.6 Å². The first kappa shape index (κ1) is 13.0. The minimum Gasteiger partial charge on any atom is -0.468 e. The highest BCUT2D eigenvalue weighted by molar-refractivity contribution is 6.31. The van der Waals surface area contributed by atoms with Crippen LogP contribution < -0.4 is 5.32 Å². The molecule has 1 rings (SSSR count). The van der Waals surface area contributed by atoms with E-state index < -0.39 is 6.04 Å².